The number of fused-ring (bicyclic) bond motifs is 1. The fourth-order valence-electron chi connectivity index (χ4n) is 2.33. The SMILES string of the molecule is CC(=O)Oc1ccc(/C=C/C2=Cc3ccccc3S2(=O)=O)cc1. The van der Waals surface area contributed by atoms with Crippen LogP contribution in [0.1, 0.15) is 18.1 Å². The van der Waals surface area contributed by atoms with Crippen molar-refractivity contribution in [3.05, 3.63) is 70.6 Å². The molecule has 0 N–H and O–H groups in total. The predicted octanol–water partition coefficient (Wildman–Crippen LogP) is 3.45. The van der Waals surface area contributed by atoms with E-state index < -0.39 is 9.84 Å². The Morgan fingerprint density at radius 3 is 2.35 bits per heavy atom. The summed E-state index contributed by atoms with van der Waals surface area (Å²) >= 11 is 0. The lowest BCUT2D eigenvalue weighted by Crippen LogP contribution is -2.00. The molecule has 116 valence electrons. The third-order valence-electron chi connectivity index (χ3n) is 3.40. The molecule has 4 nitrogen and oxygen atoms in total. The second-order valence-electron chi connectivity index (χ2n) is 5.08. The van der Waals surface area contributed by atoms with E-state index in [2.05, 4.69) is 0 Å². The second kappa shape index (κ2) is 5.85. The van der Waals surface area contributed by atoms with E-state index in [1.54, 1.807) is 60.7 Å². The average molecular weight is 326 g/mol. The molecule has 3 rings (SSSR count). The summed E-state index contributed by atoms with van der Waals surface area (Å²) in [6, 6.07) is 13.7. The van der Waals surface area contributed by atoms with Gasteiger partial charge in [0.05, 0.1) is 9.80 Å². The van der Waals surface area contributed by atoms with Gasteiger partial charge in [-0.1, -0.05) is 36.4 Å². The predicted molar refractivity (Wildman–Crippen MR) is 88.4 cm³/mol. The summed E-state index contributed by atoms with van der Waals surface area (Å²) in [6.07, 6.45) is 4.96. The van der Waals surface area contributed by atoms with Gasteiger partial charge in [0.15, 0.2) is 0 Å². The molecule has 0 atom stereocenters. The molecule has 1 aliphatic rings. The van der Waals surface area contributed by atoms with Gasteiger partial charge in [-0.25, -0.2) is 8.42 Å². The van der Waals surface area contributed by atoms with Crippen LogP contribution >= 0.6 is 0 Å². The summed E-state index contributed by atoms with van der Waals surface area (Å²) < 4.78 is 29.8. The maximum Gasteiger partial charge on any atom is 0.308 e. The number of carbonyl (C=O) groups is 1. The summed E-state index contributed by atoms with van der Waals surface area (Å²) in [7, 11) is -3.44. The van der Waals surface area contributed by atoms with Crippen LogP contribution in [0.15, 0.2) is 64.4 Å². The first kappa shape index (κ1) is 15.2. The van der Waals surface area contributed by atoms with Crippen molar-refractivity contribution in [1.29, 1.82) is 0 Å². The molecule has 0 unspecified atom stereocenters. The number of ether oxygens (including phenoxy) is 1. The van der Waals surface area contributed by atoms with E-state index in [1.165, 1.54) is 6.92 Å². The van der Waals surface area contributed by atoms with Gasteiger partial charge in [0.2, 0.25) is 9.84 Å². The van der Waals surface area contributed by atoms with E-state index in [4.69, 9.17) is 4.74 Å². The van der Waals surface area contributed by atoms with E-state index >= 15 is 0 Å². The Bertz CT molecular complexity index is 920. The number of rotatable bonds is 3. The van der Waals surface area contributed by atoms with Gasteiger partial charge in [0.1, 0.15) is 5.75 Å². The van der Waals surface area contributed by atoms with Gasteiger partial charge in [0.25, 0.3) is 0 Å². The van der Waals surface area contributed by atoms with Crippen LogP contribution in [0.2, 0.25) is 0 Å². The topological polar surface area (TPSA) is 60.4 Å². The van der Waals surface area contributed by atoms with Crippen LogP contribution in [-0.2, 0) is 14.6 Å². The highest BCUT2D eigenvalue weighted by Gasteiger charge is 2.27. The van der Waals surface area contributed by atoms with E-state index in [9.17, 15) is 13.2 Å². The Kier molecular flexibility index (Phi) is 3.88. The molecule has 2 aromatic rings. The summed E-state index contributed by atoms with van der Waals surface area (Å²) in [5, 5.41) is 0. The average Bonchev–Trinajstić information content (AvgIpc) is 2.77. The van der Waals surface area contributed by atoms with Crippen LogP contribution in [-0.4, -0.2) is 14.4 Å². The monoisotopic (exact) mass is 326 g/mol. The molecule has 0 fully saturated rings. The zero-order chi connectivity index (χ0) is 16.4. The molecule has 0 amide bonds. The Balaban J connectivity index is 1.83. The van der Waals surface area contributed by atoms with Crippen molar-refractivity contribution in [2.45, 2.75) is 11.8 Å². The summed E-state index contributed by atoms with van der Waals surface area (Å²) in [4.78, 5) is 11.5. The van der Waals surface area contributed by atoms with Gasteiger partial charge in [0, 0.05) is 6.92 Å². The van der Waals surface area contributed by atoms with Crippen molar-refractivity contribution in [2.24, 2.45) is 0 Å². The lowest BCUT2D eigenvalue weighted by Gasteiger charge is -2.01. The van der Waals surface area contributed by atoms with Crippen LogP contribution in [0.3, 0.4) is 0 Å². The molecule has 1 heterocycles. The van der Waals surface area contributed by atoms with Crippen LogP contribution in [0.5, 0.6) is 5.75 Å². The third-order valence-corrected chi connectivity index (χ3v) is 5.22. The number of allylic oxidation sites excluding steroid dienone is 1. The third kappa shape index (κ3) is 3.10. The van der Waals surface area contributed by atoms with Crippen molar-refractivity contribution in [3.8, 4) is 5.75 Å². The molecule has 2 aromatic carbocycles. The van der Waals surface area contributed by atoms with Gasteiger partial charge in [-0.2, -0.15) is 0 Å². The maximum absolute atomic E-state index is 12.4. The minimum atomic E-state index is -3.44. The first-order valence-electron chi connectivity index (χ1n) is 6.99. The standard InChI is InChI=1S/C18H14O4S/c1-13(19)22-16-9-6-14(7-10-16)8-11-17-12-15-4-2-3-5-18(15)23(17,20)21/h2-12H,1H3/b11-8+. The maximum atomic E-state index is 12.4. The summed E-state index contributed by atoms with van der Waals surface area (Å²) in [6.45, 7) is 1.34. The lowest BCUT2D eigenvalue weighted by atomic mass is 10.2. The van der Waals surface area contributed by atoms with Crippen molar-refractivity contribution >= 4 is 28.0 Å². The van der Waals surface area contributed by atoms with Gasteiger partial charge >= 0.3 is 5.97 Å². The smallest absolute Gasteiger partial charge is 0.308 e. The molecular weight excluding hydrogens is 312 g/mol. The van der Waals surface area contributed by atoms with E-state index in [0.29, 0.717) is 16.2 Å². The van der Waals surface area contributed by atoms with Crippen molar-refractivity contribution in [3.63, 3.8) is 0 Å². The zero-order valence-electron chi connectivity index (χ0n) is 12.4. The molecule has 0 saturated heterocycles. The molecule has 0 bridgehead atoms. The Morgan fingerprint density at radius 2 is 1.70 bits per heavy atom. The number of hydrogen-bond acceptors (Lipinski definition) is 4. The molecule has 1 aliphatic heterocycles. The van der Waals surface area contributed by atoms with E-state index in [1.807, 2.05) is 6.07 Å². The molecule has 0 aromatic heterocycles. The number of sulfone groups is 1. The van der Waals surface area contributed by atoms with Crippen LogP contribution in [0.25, 0.3) is 12.2 Å². The van der Waals surface area contributed by atoms with Gasteiger partial charge < -0.3 is 4.74 Å². The number of benzene rings is 2. The molecule has 0 spiro atoms. The van der Waals surface area contributed by atoms with Crippen LogP contribution in [0.4, 0.5) is 0 Å². The Hall–Kier alpha value is -2.66. The quantitative estimate of drug-likeness (QED) is 0.640. The molecule has 0 aliphatic carbocycles. The second-order valence-corrected chi connectivity index (χ2v) is 7.00. The minimum absolute atomic E-state index is 0.266. The first-order valence-corrected chi connectivity index (χ1v) is 8.47. The van der Waals surface area contributed by atoms with E-state index in [-0.39, 0.29) is 10.9 Å². The normalized spacial score (nSPS) is 15.3. The number of hydrogen-bond donors (Lipinski definition) is 0. The Morgan fingerprint density at radius 1 is 1.00 bits per heavy atom. The van der Waals surface area contributed by atoms with Gasteiger partial charge in [-0.3, -0.25) is 4.79 Å². The molecule has 0 saturated carbocycles. The van der Waals surface area contributed by atoms with Crippen molar-refractivity contribution < 1.29 is 17.9 Å². The fourth-order valence-corrected chi connectivity index (χ4v) is 3.81. The molecule has 0 radical (unpaired) electrons. The fraction of sp³-hybridized carbons (Fsp3) is 0.0556. The minimum Gasteiger partial charge on any atom is -0.427 e. The zero-order valence-corrected chi connectivity index (χ0v) is 13.2. The lowest BCUT2D eigenvalue weighted by molar-refractivity contribution is -0.131. The highest BCUT2D eigenvalue weighted by atomic mass is 32.2. The number of esters is 1. The first-order chi connectivity index (χ1) is 11.0. The highest BCUT2D eigenvalue weighted by molar-refractivity contribution is 7.96. The van der Waals surface area contributed by atoms with Crippen molar-refractivity contribution in [1.82, 2.24) is 0 Å². The Labute approximate surface area is 134 Å². The van der Waals surface area contributed by atoms with Crippen molar-refractivity contribution in [2.75, 3.05) is 0 Å². The number of carbonyl (C=O) groups excluding carboxylic acids is 1. The van der Waals surface area contributed by atoms with E-state index in [0.717, 1.165) is 5.56 Å². The van der Waals surface area contributed by atoms with Gasteiger partial charge in [-0.15, -0.1) is 0 Å². The molecule has 23 heavy (non-hydrogen) atoms. The summed E-state index contributed by atoms with van der Waals surface area (Å²) in [5.74, 6) is 0.0722. The molecular formula is C18H14O4S. The summed E-state index contributed by atoms with van der Waals surface area (Å²) in [5.41, 5.74) is 1.52. The molecule has 5 heteroatoms. The van der Waals surface area contributed by atoms with Gasteiger partial charge in [-0.05, 0) is 41.5 Å². The van der Waals surface area contributed by atoms with Crippen LogP contribution < -0.4 is 4.74 Å². The largest absolute Gasteiger partial charge is 0.427 e. The highest BCUT2D eigenvalue weighted by Crippen LogP contribution is 2.33. The van der Waals surface area contributed by atoms with Crippen LogP contribution in [0, 0.1) is 0 Å².